The Bertz CT molecular complexity index is 546. The van der Waals surface area contributed by atoms with Crippen molar-refractivity contribution in [3.8, 4) is 11.3 Å². The third-order valence-corrected chi connectivity index (χ3v) is 2.39. The number of aromatic nitrogens is 2. The third-order valence-electron chi connectivity index (χ3n) is 2.20. The molecule has 3 N–H and O–H groups in total. The van der Waals surface area contributed by atoms with Crippen LogP contribution in [0, 0.1) is 11.7 Å². The van der Waals surface area contributed by atoms with Crippen LogP contribution in [0.3, 0.4) is 0 Å². The number of hydrogen-bond donors (Lipinski definition) is 2. The molecule has 0 aliphatic carbocycles. The topological polar surface area (TPSA) is 54.7 Å². The molecular formula is C11H11N3S. The van der Waals surface area contributed by atoms with Crippen molar-refractivity contribution >= 4 is 18.0 Å². The lowest BCUT2D eigenvalue weighted by Gasteiger charge is -2.05. The van der Waals surface area contributed by atoms with Gasteiger partial charge in [-0.05, 0) is 24.7 Å². The van der Waals surface area contributed by atoms with Gasteiger partial charge in [-0.1, -0.05) is 24.3 Å². The second-order valence-corrected chi connectivity index (χ2v) is 3.73. The van der Waals surface area contributed by atoms with Gasteiger partial charge in [-0.2, -0.15) is 0 Å². The number of rotatable bonds is 1. The Morgan fingerprint density at radius 2 is 2.07 bits per heavy atom. The van der Waals surface area contributed by atoms with Gasteiger partial charge in [-0.3, -0.25) is 0 Å². The van der Waals surface area contributed by atoms with E-state index >= 15 is 0 Å². The van der Waals surface area contributed by atoms with Gasteiger partial charge in [0.25, 0.3) is 0 Å². The van der Waals surface area contributed by atoms with Crippen LogP contribution in [0.5, 0.6) is 0 Å². The van der Waals surface area contributed by atoms with Crippen molar-refractivity contribution in [1.82, 2.24) is 9.97 Å². The normalized spacial score (nSPS) is 10.2. The van der Waals surface area contributed by atoms with Crippen LogP contribution >= 0.6 is 12.2 Å². The zero-order valence-electron chi connectivity index (χ0n) is 8.32. The average Bonchev–Trinajstić information content (AvgIpc) is 2.16. The summed E-state index contributed by atoms with van der Waals surface area (Å²) >= 11 is 4.98. The first-order chi connectivity index (χ1) is 7.16. The molecular weight excluding hydrogens is 206 g/mol. The van der Waals surface area contributed by atoms with Crippen LogP contribution in [0.25, 0.3) is 11.3 Å². The number of hydrogen-bond acceptors (Lipinski definition) is 3. The Morgan fingerprint density at radius 1 is 1.33 bits per heavy atom. The summed E-state index contributed by atoms with van der Waals surface area (Å²) in [5.41, 5.74) is 8.83. The molecule has 1 heterocycles. The van der Waals surface area contributed by atoms with Gasteiger partial charge in [-0.25, -0.2) is 4.98 Å². The standard InChI is InChI=1S/C11H11N3S/c1-7-4-2-3-5-8(7)9-6-10(12)14-11(15)13-9/h2-6H,1H3,(H3,12,13,14,15). The maximum absolute atomic E-state index is 5.65. The van der Waals surface area contributed by atoms with E-state index in [1.807, 2.05) is 31.2 Å². The van der Waals surface area contributed by atoms with Gasteiger partial charge in [0.05, 0.1) is 5.69 Å². The number of aromatic amines is 1. The summed E-state index contributed by atoms with van der Waals surface area (Å²) in [5, 5.41) is 0. The van der Waals surface area contributed by atoms with Crippen molar-refractivity contribution in [3.05, 3.63) is 40.7 Å². The first-order valence-corrected chi connectivity index (χ1v) is 5.00. The molecule has 2 aromatic rings. The second-order valence-electron chi connectivity index (χ2n) is 3.34. The highest BCUT2D eigenvalue weighted by Gasteiger charge is 2.02. The number of anilines is 1. The third kappa shape index (κ3) is 2.05. The largest absolute Gasteiger partial charge is 0.384 e. The fraction of sp³-hybridized carbons (Fsp3) is 0.0909. The number of H-pyrrole nitrogens is 1. The predicted molar refractivity (Wildman–Crippen MR) is 64.0 cm³/mol. The zero-order valence-corrected chi connectivity index (χ0v) is 9.14. The Kier molecular flexibility index (Phi) is 2.51. The number of nitrogens with two attached hydrogens (primary N) is 1. The summed E-state index contributed by atoms with van der Waals surface area (Å²) in [6, 6.07) is 9.84. The van der Waals surface area contributed by atoms with E-state index in [9.17, 15) is 0 Å². The molecule has 0 fully saturated rings. The van der Waals surface area contributed by atoms with Crippen LogP contribution in [0.15, 0.2) is 30.3 Å². The highest BCUT2D eigenvalue weighted by Crippen LogP contribution is 2.21. The molecule has 1 aromatic carbocycles. The summed E-state index contributed by atoms with van der Waals surface area (Å²) in [6.07, 6.45) is 0. The van der Waals surface area contributed by atoms with E-state index in [-0.39, 0.29) is 0 Å². The van der Waals surface area contributed by atoms with Gasteiger partial charge >= 0.3 is 0 Å². The Labute approximate surface area is 93.0 Å². The summed E-state index contributed by atoms with van der Waals surface area (Å²) in [7, 11) is 0. The Hall–Kier alpha value is -1.68. The van der Waals surface area contributed by atoms with E-state index in [0.29, 0.717) is 10.6 Å². The van der Waals surface area contributed by atoms with Crippen LogP contribution in [0.4, 0.5) is 5.82 Å². The molecule has 0 aliphatic rings. The number of nitrogens with zero attached hydrogens (tertiary/aromatic N) is 1. The fourth-order valence-electron chi connectivity index (χ4n) is 1.50. The van der Waals surface area contributed by atoms with Gasteiger partial charge < -0.3 is 10.7 Å². The minimum atomic E-state index is 0.410. The molecule has 76 valence electrons. The van der Waals surface area contributed by atoms with E-state index in [1.165, 1.54) is 5.56 Å². The van der Waals surface area contributed by atoms with E-state index in [1.54, 1.807) is 6.07 Å². The van der Waals surface area contributed by atoms with Crippen molar-refractivity contribution in [2.75, 3.05) is 5.73 Å². The van der Waals surface area contributed by atoms with Gasteiger partial charge in [-0.15, -0.1) is 0 Å². The molecule has 0 spiro atoms. The summed E-state index contributed by atoms with van der Waals surface area (Å²) in [6.45, 7) is 2.04. The van der Waals surface area contributed by atoms with Crippen molar-refractivity contribution in [3.63, 3.8) is 0 Å². The smallest absolute Gasteiger partial charge is 0.199 e. The van der Waals surface area contributed by atoms with Crippen molar-refractivity contribution < 1.29 is 0 Å². The first-order valence-electron chi connectivity index (χ1n) is 4.59. The highest BCUT2D eigenvalue weighted by molar-refractivity contribution is 7.71. The minimum absolute atomic E-state index is 0.410. The van der Waals surface area contributed by atoms with E-state index in [4.69, 9.17) is 18.0 Å². The van der Waals surface area contributed by atoms with Gasteiger partial charge in [0.1, 0.15) is 5.82 Å². The lowest BCUT2D eigenvalue weighted by atomic mass is 10.1. The maximum Gasteiger partial charge on any atom is 0.199 e. The van der Waals surface area contributed by atoms with Gasteiger partial charge in [0.15, 0.2) is 4.77 Å². The van der Waals surface area contributed by atoms with Crippen LogP contribution in [-0.4, -0.2) is 9.97 Å². The molecule has 3 nitrogen and oxygen atoms in total. The van der Waals surface area contributed by atoms with Crippen molar-refractivity contribution in [1.29, 1.82) is 0 Å². The monoisotopic (exact) mass is 217 g/mol. The zero-order chi connectivity index (χ0) is 10.8. The van der Waals surface area contributed by atoms with Gasteiger partial charge in [0, 0.05) is 11.6 Å². The van der Waals surface area contributed by atoms with Crippen molar-refractivity contribution in [2.24, 2.45) is 0 Å². The molecule has 1 aromatic heterocycles. The Balaban J connectivity index is 2.64. The second kappa shape index (κ2) is 3.82. The molecule has 15 heavy (non-hydrogen) atoms. The lowest BCUT2D eigenvalue weighted by Crippen LogP contribution is -1.95. The molecule has 0 unspecified atom stereocenters. The number of benzene rings is 1. The first kappa shape index (κ1) is 9.86. The van der Waals surface area contributed by atoms with Gasteiger partial charge in [0.2, 0.25) is 0 Å². The number of aryl methyl sites for hydroxylation is 1. The SMILES string of the molecule is Cc1ccccc1-c1cc(N)nc(=S)[nH]1. The number of nitrogens with one attached hydrogen (secondary N) is 1. The van der Waals surface area contributed by atoms with Crippen LogP contribution in [-0.2, 0) is 0 Å². The van der Waals surface area contributed by atoms with E-state index in [0.717, 1.165) is 11.3 Å². The predicted octanol–water partition coefficient (Wildman–Crippen LogP) is 2.70. The molecule has 0 amide bonds. The molecule has 4 heteroatoms. The molecule has 0 radical (unpaired) electrons. The van der Waals surface area contributed by atoms with Crippen LogP contribution in [0.1, 0.15) is 5.56 Å². The maximum atomic E-state index is 5.65. The summed E-state index contributed by atoms with van der Waals surface area (Å²) in [5.74, 6) is 0.442. The molecule has 0 saturated heterocycles. The molecule has 0 bridgehead atoms. The molecule has 0 saturated carbocycles. The van der Waals surface area contributed by atoms with Crippen LogP contribution in [0.2, 0.25) is 0 Å². The molecule has 0 atom stereocenters. The fourth-order valence-corrected chi connectivity index (χ4v) is 1.71. The summed E-state index contributed by atoms with van der Waals surface area (Å²) < 4.78 is 0.410. The highest BCUT2D eigenvalue weighted by atomic mass is 32.1. The van der Waals surface area contributed by atoms with Crippen LogP contribution < -0.4 is 5.73 Å². The summed E-state index contributed by atoms with van der Waals surface area (Å²) in [4.78, 5) is 6.96. The lowest BCUT2D eigenvalue weighted by molar-refractivity contribution is 1.14. The number of nitrogen functional groups attached to an aromatic ring is 1. The van der Waals surface area contributed by atoms with E-state index < -0.39 is 0 Å². The van der Waals surface area contributed by atoms with Crippen molar-refractivity contribution in [2.45, 2.75) is 6.92 Å². The molecule has 0 aliphatic heterocycles. The van der Waals surface area contributed by atoms with E-state index in [2.05, 4.69) is 9.97 Å². The molecule has 2 rings (SSSR count). The Morgan fingerprint density at radius 3 is 2.73 bits per heavy atom. The quantitative estimate of drug-likeness (QED) is 0.722. The minimum Gasteiger partial charge on any atom is -0.384 e. The average molecular weight is 217 g/mol.